The maximum atomic E-state index is 12.4. The fraction of sp³-hybridized carbons (Fsp3) is 0.0526. The molecule has 0 aliphatic carbocycles. The van der Waals surface area contributed by atoms with Crippen LogP contribution in [0.15, 0.2) is 79.0 Å². The maximum Gasteiger partial charge on any atom is 0.340 e. The van der Waals surface area contributed by atoms with Crippen LogP contribution in [-0.2, 0) is 10.3 Å². The second-order valence-corrected chi connectivity index (χ2v) is 5.20. The lowest BCUT2D eigenvalue weighted by Crippen LogP contribution is -2.30. The van der Waals surface area contributed by atoms with E-state index >= 15 is 0 Å². The van der Waals surface area contributed by atoms with E-state index in [1.54, 1.807) is 12.3 Å². The summed E-state index contributed by atoms with van der Waals surface area (Å²) in [5, 5.41) is 0. The molecule has 3 aromatic rings. The Balaban J connectivity index is 2.06. The number of fused-ring (bicyclic) bond motifs is 1. The number of carbonyl (C=O) groups excluding carboxylic acids is 1. The SMILES string of the molecule is O=C1O[C@@](c2ccccc2)(c2ccccn2)c2ccccc21. The number of carbonyl (C=O) groups is 1. The average Bonchev–Trinajstić information content (AvgIpc) is 2.91. The molecule has 3 heteroatoms. The number of hydrogen-bond acceptors (Lipinski definition) is 3. The average molecular weight is 287 g/mol. The van der Waals surface area contributed by atoms with Crippen LogP contribution >= 0.6 is 0 Å². The van der Waals surface area contributed by atoms with Gasteiger partial charge in [0.2, 0.25) is 5.60 Å². The topological polar surface area (TPSA) is 39.2 Å². The van der Waals surface area contributed by atoms with Gasteiger partial charge in [0, 0.05) is 17.3 Å². The lowest BCUT2D eigenvalue weighted by atomic mass is 9.82. The van der Waals surface area contributed by atoms with E-state index in [2.05, 4.69) is 4.98 Å². The van der Waals surface area contributed by atoms with E-state index < -0.39 is 5.60 Å². The zero-order valence-corrected chi connectivity index (χ0v) is 11.8. The molecule has 0 bridgehead atoms. The van der Waals surface area contributed by atoms with Crippen LogP contribution in [0.25, 0.3) is 0 Å². The van der Waals surface area contributed by atoms with E-state index in [0.29, 0.717) is 11.3 Å². The molecule has 2 heterocycles. The minimum absolute atomic E-state index is 0.315. The van der Waals surface area contributed by atoms with Crippen molar-refractivity contribution in [3.8, 4) is 0 Å². The Morgan fingerprint density at radius 2 is 1.55 bits per heavy atom. The van der Waals surface area contributed by atoms with Crippen molar-refractivity contribution in [2.24, 2.45) is 0 Å². The quantitative estimate of drug-likeness (QED) is 0.677. The first kappa shape index (κ1) is 12.8. The molecule has 0 fully saturated rings. The number of hydrogen-bond donors (Lipinski definition) is 0. The first-order chi connectivity index (χ1) is 10.8. The van der Waals surface area contributed by atoms with Gasteiger partial charge in [0.15, 0.2) is 0 Å². The molecule has 0 N–H and O–H groups in total. The smallest absolute Gasteiger partial charge is 0.340 e. The van der Waals surface area contributed by atoms with Gasteiger partial charge in [-0.1, -0.05) is 54.6 Å². The van der Waals surface area contributed by atoms with Crippen LogP contribution in [0.3, 0.4) is 0 Å². The second-order valence-electron chi connectivity index (χ2n) is 5.20. The summed E-state index contributed by atoms with van der Waals surface area (Å²) in [4.78, 5) is 16.8. The highest BCUT2D eigenvalue weighted by Crippen LogP contribution is 2.45. The third-order valence-corrected chi connectivity index (χ3v) is 3.98. The summed E-state index contributed by atoms with van der Waals surface area (Å²) < 4.78 is 5.89. The molecule has 106 valence electrons. The highest BCUT2D eigenvalue weighted by Gasteiger charge is 2.49. The van der Waals surface area contributed by atoms with Crippen molar-refractivity contribution in [2.45, 2.75) is 5.60 Å². The molecule has 0 unspecified atom stereocenters. The van der Waals surface area contributed by atoms with Gasteiger partial charge < -0.3 is 4.74 Å². The van der Waals surface area contributed by atoms with E-state index in [9.17, 15) is 4.79 Å². The fourth-order valence-electron chi connectivity index (χ4n) is 3.01. The molecule has 22 heavy (non-hydrogen) atoms. The lowest BCUT2D eigenvalue weighted by Gasteiger charge is -2.28. The van der Waals surface area contributed by atoms with Crippen LogP contribution in [-0.4, -0.2) is 11.0 Å². The summed E-state index contributed by atoms with van der Waals surface area (Å²) in [7, 11) is 0. The first-order valence-corrected chi connectivity index (χ1v) is 7.12. The molecule has 1 aliphatic heterocycles. The molecule has 2 aromatic carbocycles. The minimum atomic E-state index is -0.976. The molecule has 0 saturated heterocycles. The van der Waals surface area contributed by atoms with Gasteiger partial charge in [-0.05, 0) is 18.2 Å². The maximum absolute atomic E-state index is 12.4. The Hall–Kier alpha value is -2.94. The summed E-state index contributed by atoms with van der Waals surface area (Å²) in [5.74, 6) is -0.315. The molecular weight excluding hydrogens is 274 g/mol. The Kier molecular flexibility index (Phi) is 2.79. The van der Waals surface area contributed by atoms with Crippen molar-refractivity contribution in [2.75, 3.05) is 0 Å². The molecule has 0 saturated carbocycles. The predicted molar refractivity (Wildman–Crippen MR) is 82.4 cm³/mol. The van der Waals surface area contributed by atoms with Crippen molar-refractivity contribution < 1.29 is 9.53 Å². The Labute approximate surface area is 128 Å². The van der Waals surface area contributed by atoms with Crippen LogP contribution in [0, 0.1) is 0 Å². The van der Waals surface area contributed by atoms with Crippen molar-refractivity contribution in [1.29, 1.82) is 0 Å². The second kappa shape index (κ2) is 4.81. The number of nitrogens with zero attached hydrogens (tertiary/aromatic N) is 1. The van der Waals surface area contributed by atoms with Crippen LogP contribution in [0.5, 0.6) is 0 Å². The minimum Gasteiger partial charge on any atom is -0.439 e. The van der Waals surface area contributed by atoms with E-state index in [4.69, 9.17) is 4.74 Å². The van der Waals surface area contributed by atoms with Gasteiger partial charge in [0.1, 0.15) is 0 Å². The monoisotopic (exact) mass is 287 g/mol. The number of cyclic esters (lactones) is 1. The number of esters is 1. The normalized spacial score (nSPS) is 19.5. The van der Waals surface area contributed by atoms with Crippen LogP contribution in [0.4, 0.5) is 0 Å². The molecule has 0 radical (unpaired) electrons. The summed E-state index contributed by atoms with van der Waals surface area (Å²) in [6, 6.07) is 22.9. The van der Waals surface area contributed by atoms with E-state index in [-0.39, 0.29) is 5.97 Å². The molecule has 0 spiro atoms. The van der Waals surface area contributed by atoms with E-state index in [1.165, 1.54) is 0 Å². The van der Waals surface area contributed by atoms with Crippen LogP contribution in [0.1, 0.15) is 27.2 Å². The standard InChI is InChI=1S/C19H13NO2/c21-18-15-10-4-5-11-16(15)19(22-18,14-8-2-1-3-9-14)17-12-6-7-13-20-17/h1-13H/t19-/m1/s1. The van der Waals surface area contributed by atoms with Crippen molar-refractivity contribution in [3.63, 3.8) is 0 Å². The van der Waals surface area contributed by atoms with E-state index in [0.717, 1.165) is 11.1 Å². The van der Waals surface area contributed by atoms with Gasteiger partial charge >= 0.3 is 5.97 Å². The van der Waals surface area contributed by atoms with Gasteiger partial charge in [0.05, 0.1) is 11.3 Å². The molecule has 0 amide bonds. The summed E-state index contributed by atoms with van der Waals surface area (Å²) >= 11 is 0. The highest BCUT2D eigenvalue weighted by atomic mass is 16.6. The van der Waals surface area contributed by atoms with Crippen molar-refractivity contribution in [3.05, 3.63) is 101 Å². The summed E-state index contributed by atoms with van der Waals surface area (Å²) in [5.41, 5.74) is 2.06. The third-order valence-electron chi connectivity index (χ3n) is 3.98. The number of benzene rings is 2. The predicted octanol–water partition coefficient (Wildman–Crippen LogP) is 3.54. The van der Waals surface area contributed by atoms with E-state index in [1.807, 2.05) is 66.7 Å². The lowest BCUT2D eigenvalue weighted by molar-refractivity contribution is 0.0239. The summed E-state index contributed by atoms with van der Waals surface area (Å²) in [6.45, 7) is 0. The number of pyridine rings is 1. The number of ether oxygens (including phenoxy) is 1. The van der Waals surface area contributed by atoms with Gasteiger partial charge in [-0.3, -0.25) is 4.98 Å². The zero-order chi connectivity index (χ0) is 15.0. The number of aromatic nitrogens is 1. The Bertz CT molecular complexity index is 789. The first-order valence-electron chi connectivity index (χ1n) is 7.12. The van der Waals surface area contributed by atoms with Crippen LogP contribution < -0.4 is 0 Å². The Morgan fingerprint density at radius 3 is 2.32 bits per heavy atom. The van der Waals surface area contributed by atoms with Gasteiger partial charge in [-0.15, -0.1) is 0 Å². The fourth-order valence-corrected chi connectivity index (χ4v) is 3.01. The molecule has 4 rings (SSSR count). The molecule has 1 aliphatic rings. The molecular formula is C19H13NO2. The summed E-state index contributed by atoms with van der Waals surface area (Å²) in [6.07, 6.45) is 1.72. The molecule has 1 aromatic heterocycles. The molecule has 3 nitrogen and oxygen atoms in total. The van der Waals surface area contributed by atoms with Crippen LogP contribution in [0.2, 0.25) is 0 Å². The largest absolute Gasteiger partial charge is 0.439 e. The van der Waals surface area contributed by atoms with Gasteiger partial charge in [-0.2, -0.15) is 0 Å². The number of rotatable bonds is 2. The van der Waals surface area contributed by atoms with Gasteiger partial charge in [0.25, 0.3) is 0 Å². The van der Waals surface area contributed by atoms with Gasteiger partial charge in [-0.25, -0.2) is 4.79 Å². The Morgan fingerprint density at radius 1 is 0.818 bits per heavy atom. The van der Waals surface area contributed by atoms with Crippen molar-refractivity contribution >= 4 is 5.97 Å². The highest BCUT2D eigenvalue weighted by molar-refractivity contribution is 5.96. The van der Waals surface area contributed by atoms with Crippen molar-refractivity contribution in [1.82, 2.24) is 4.98 Å². The zero-order valence-electron chi connectivity index (χ0n) is 11.8. The third kappa shape index (κ3) is 1.69. The molecule has 1 atom stereocenters.